The van der Waals surface area contributed by atoms with Gasteiger partial charge in [-0.3, -0.25) is 23.6 Å². The van der Waals surface area contributed by atoms with E-state index in [-0.39, 0.29) is 11.4 Å². The molecule has 0 bridgehead atoms. The van der Waals surface area contributed by atoms with Crippen molar-refractivity contribution in [2.75, 3.05) is 12.8 Å². The maximum Gasteiger partial charge on any atom is 0.332 e. The van der Waals surface area contributed by atoms with Gasteiger partial charge in [-0.1, -0.05) is 28.1 Å². The molecule has 0 saturated carbocycles. The van der Waals surface area contributed by atoms with Gasteiger partial charge in [0.25, 0.3) is 5.56 Å². The molecule has 25 heavy (non-hydrogen) atoms. The van der Waals surface area contributed by atoms with Gasteiger partial charge in [0.05, 0.1) is 6.04 Å². The molecule has 1 aromatic heterocycles. The van der Waals surface area contributed by atoms with E-state index < -0.39 is 23.1 Å². The zero-order chi connectivity index (χ0) is 18.9. The first kappa shape index (κ1) is 19.1. The summed E-state index contributed by atoms with van der Waals surface area (Å²) in [6.07, 6.45) is 0. The Hall–Kier alpha value is -2.19. The number of aromatic nitrogens is 2. The number of likely N-dealkylation sites (N-methyl/N-ethyl adjacent to an activating group) is 1. The fourth-order valence-corrected chi connectivity index (χ4v) is 2.78. The molecule has 0 amide bonds. The molecule has 8 heteroatoms. The van der Waals surface area contributed by atoms with E-state index in [1.807, 2.05) is 29.2 Å². The van der Waals surface area contributed by atoms with E-state index in [1.165, 1.54) is 14.1 Å². The molecule has 0 aliphatic rings. The molecule has 2 N–H and O–H groups in total. The van der Waals surface area contributed by atoms with Crippen molar-refractivity contribution in [3.05, 3.63) is 60.7 Å². The van der Waals surface area contributed by atoms with E-state index in [4.69, 9.17) is 5.73 Å². The van der Waals surface area contributed by atoms with Crippen molar-refractivity contribution in [1.82, 2.24) is 14.0 Å². The van der Waals surface area contributed by atoms with E-state index in [1.54, 1.807) is 14.0 Å². The van der Waals surface area contributed by atoms with Gasteiger partial charge in [0.15, 0.2) is 5.78 Å². The van der Waals surface area contributed by atoms with E-state index >= 15 is 0 Å². The summed E-state index contributed by atoms with van der Waals surface area (Å²) in [5.74, 6) is -0.518. The third-order valence-electron chi connectivity index (χ3n) is 4.34. The number of hydrogen-bond acceptors (Lipinski definition) is 5. The highest BCUT2D eigenvalue weighted by atomic mass is 79.9. The van der Waals surface area contributed by atoms with Gasteiger partial charge in [0.2, 0.25) is 0 Å². The molecule has 0 spiro atoms. The first-order chi connectivity index (χ1) is 11.6. The number of nitrogens with two attached hydrogens (primary N) is 1. The maximum atomic E-state index is 12.8. The maximum absolute atomic E-state index is 12.8. The van der Waals surface area contributed by atoms with Crippen LogP contribution in [0.25, 0.3) is 0 Å². The lowest BCUT2D eigenvalue weighted by atomic mass is 10.1. The topological polar surface area (TPSA) is 90.3 Å². The van der Waals surface area contributed by atoms with Crippen LogP contribution in [-0.2, 0) is 20.6 Å². The van der Waals surface area contributed by atoms with Crippen LogP contribution in [0, 0.1) is 0 Å². The number of nitrogen functional groups attached to an aromatic ring is 1. The molecule has 1 atom stereocenters. The molecule has 0 aliphatic heterocycles. The van der Waals surface area contributed by atoms with Crippen LogP contribution in [0.5, 0.6) is 0 Å². The molecular formula is C17H21BrN4O3. The van der Waals surface area contributed by atoms with Crippen LogP contribution in [0.15, 0.2) is 38.3 Å². The fraction of sp³-hybridized carbons (Fsp3) is 0.353. The highest BCUT2D eigenvalue weighted by molar-refractivity contribution is 9.10. The Morgan fingerprint density at radius 2 is 1.76 bits per heavy atom. The Morgan fingerprint density at radius 3 is 2.32 bits per heavy atom. The van der Waals surface area contributed by atoms with Crippen LogP contribution in [0.2, 0.25) is 0 Å². The minimum Gasteiger partial charge on any atom is -0.384 e. The molecule has 1 aromatic carbocycles. The summed E-state index contributed by atoms with van der Waals surface area (Å²) in [7, 11) is 4.56. The number of rotatable bonds is 5. The summed E-state index contributed by atoms with van der Waals surface area (Å²) in [5.41, 5.74) is 5.52. The summed E-state index contributed by atoms with van der Waals surface area (Å²) in [6, 6.07) is 7.19. The van der Waals surface area contributed by atoms with Crippen LogP contribution in [0.4, 0.5) is 5.82 Å². The van der Waals surface area contributed by atoms with Gasteiger partial charge in [-0.25, -0.2) is 4.79 Å². The highest BCUT2D eigenvalue weighted by Crippen LogP contribution is 2.15. The minimum atomic E-state index is -0.672. The van der Waals surface area contributed by atoms with E-state index in [0.717, 1.165) is 19.2 Å². The molecule has 1 unspecified atom stereocenters. The van der Waals surface area contributed by atoms with Gasteiger partial charge in [-0.15, -0.1) is 0 Å². The van der Waals surface area contributed by atoms with Crippen LogP contribution < -0.4 is 17.0 Å². The van der Waals surface area contributed by atoms with Crippen LogP contribution >= 0.6 is 15.9 Å². The number of nitrogens with zero attached hydrogens (tertiary/aromatic N) is 3. The van der Waals surface area contributed by atoms with Gasteiger partial charge in [0.1, 0.15) is 11.4 Å². The Morgan fingerprint density at radius 1 is 1.20 bits per heavy atom. The second-order valence-corrected chi connectivity index (χ2v) is 6.96. The number of benzene rings is 1. The number of ketones is 1. The molecule has 0 radical (unpaired) electrons. The Kier molecular flexibility index (Phi) is 5.64. The van der Waals surface area contributed by atoms with E-state index in [0.29, 0.717) is 6.54 Å². The fourth-order valence-electron chi connectivity index (χ4n) is 2.52. The smallest absolute Gasteiger partial charge is 0.332 e. The van der Waals surface area contributed by atoms with Crippen molar-refractivity contribution in [3.63, 3.8) is 0 Å². The number of hydrogen-bond donors (Lipinski definition) is 1. The van der Waals surface area contributed by atoms with Crippen LogP contribution in [0.1, 0.15) is 22.8 Å². The molecule has 2 rings (SSSR count). The van der Waals surface area contributed by atoms with Crippen molar-refractivity contribution in [2.45, 2.75) is 19.5 Å². The monoisotopic (exact) mass is 408 g/mol. The molecule has 1 heterocycles. The number of anilines is 1. The number of carbonyl (C=O) groups is 1. The second-order valence-electron chi connectivity index (χ2n) is 6.05. The van der Waals surface area contributed by atoms with Gasteiger partial charge in [-0.2, -0.15) is 0 Å². The normalized spacial score (nSPS) is 12.4. The third kappa shape index (κ3) is 3.74. The molecule has 0 aliphatic carbocycles. The first-order valence-corrected chi connectivity index (χ1v) is 8.48. The number of halogens is 1. The quantitative estimate of drug-likeness (QED) is 0.748. The summed E-state index contributed by atoms with van der Waals surface area (Å²) >= 11 is 3.38. The van der Waals surface area contributed by atoms with Crippen LogP contribution in [0.3, 0.4) is 0 Å². The van der Waals surface area contributed by atoms with Gasteiger partial charge >= 0.3 is 5.69 Å². The van der Waals surface area contributed by atoms with Crippen molar-refractivity contribution in [2.24, 2.45) is 14.1 Å². The molecule has 134 valence electrons. The van der Waals surface area contributed by atoms with Gasteiger partial charge in [0, 0.05) is 25.1 Å². The van der Waals surface area contributed by atoms with Gasteiger partial charge in [-0.05, 0) is 31.7 Å². The lowest BCUT2D eigenvalue weighted by molar-refractivity contribution is 0.0860. The van der Waals surface area contributed by atoms with E-state index in [2.05, 4.69) is 15.9 Å². The van der Waals surface area contributed by atoms with Crippen molar-refractivity contribution in [1.29, 1.82) is 0 Å². The van der Waals surface area contributed by atoms with Gasteiger partial charge < -0.3 is 5.73 Å². The Labute approximate surface area is 153 Å². The van der Waals surface area contributed by atoms with Crippen molar-refractivity contribution in [3.8, 4) is 0 Å². The number of Topliss-reactive ketones (excluding diaryl/α,β-unsaturated/α-hetero) is 1. The van der Waals surface area contributed by atoms with Crippen molar-refractivity contribution >= 4 is 27.5 Å². The Balaban J connectivity index is 2.32. The summed E-state index contributed by atoms with van der Waals surface area (Å²) in [6.45, 7) is 2.25. The average molecular weight is 409 g/mol. The largest absolute Gasteiger partial charge is 0.384 e. The molecule has 0 fully saturated rings. The summed E-state index contributed by atoms with van der Waals surface area (Å²) in [5, 5.41) is 0. The molecule has 7 nitrogen and oxygen atoms in total. The summed E-state index contributed by atoms with van der Waals surface area (Å²) in [4.78, 5) is 38.9. The minimum absolute atomic E-state index is 0.109. The Bertz CT molecular complexity index is 915. The summed E-state index contributed by atoms with van der Waals surface area (Å²) < 4.78 is 2.98. The number of carbonyl (C=O) groups excluding carboxylic acids is 1. The standard InChI is InChI=1S/C17H21BrN4O3/c1-10(20(2)9-11-5-7-12(18)8-6-11)14(23)13-15(19)21(3)17(25)22(4)16(13)24/h5-8,10H,9,19H2,1-4H3. The molecule has 2 aromatic rings. The zero-order valence-electron chi connectivity index (χ0n) is 14.6. The lowest BCUT2D eigenvalue weighted by Gasteiger charge is -2.24. The molecular weight excluding hydrogens is 388 g/mol. The SMILES string of the molecule is CC(C(=O)c1c(N)n(C)c(=O)n(C)c1=O)N(C)Cc1ccc(Br)cc1. The second kappa shape index (κ2) is 7.37. The first-order valence-electron chi connectivity index (χ1n) is 7.69. The predicted octanol–water partition coefficient (Wildman–Crippen LogP) is 1.13. The van der Waals surface area contributed by atoms with Crippen LogP contribution in [-0.4, -0.2) is 32.9 Å². The third-order valence-corrected chi connectivity index (χ3v) is 4.87. The average Bonchev–Trinajstić information content (AvgIpc) is 2.59. The van der Waals surface area contributed by atoms with Crippen molar-refractivity contribution < 1.29 is 4.79 Å². The molecule has 0 saturated heterocycles. The van der Waals surface area contributed by atoms with E-state index in [9.17, 15) is 14.4 Å². The lowest BCUT2D eigenvalue weighted by Crippen LogP contribution is -2.45. The predicted molar refractivity (Wildman–Crippen MR) is 101 cm³/mol. The zero-order valence-corrected chi connectivity index (χ0v) is 16.2. The highest BCUT2D eigenvalue weighted by Gasteiger charge is 2.27.